The molecule has 0 heterocycles. The summed E-state index contributed by atoms with van der Waals surface area (Å²) >= 11 is 0. The maximum Gasteiger partial charge on any atom is 0.292 e. The lowest BCUT2D eigenvalue weighted by atomic mass is 10.1. The molecule has 1 aromatic carbocycles. The normalized spacial score (nSPS) is 12.4. The molecule has 0 aliphatic heterocycles. The number of anilines is 1. The second kappa shape index (κ2) is 4.06. The van der Waals surface area contributed by atoms with Crippen molar-refractivity contribution < 1.29 is 4.92 Å². The third-order valence-electron chi connectivity index (χ3n) is 1.85. The highest BCUT2D eigenvalue weighted by Crippen LogP contribution is 2.22. The van der Waals surface area contributed by atoms with Gasteiger partial charge < -0.3 is 11.5 Å². The molecule has 0 saturated heterocycles. The summed E-state index contributed by atoms with van der Waals surface area (Å²) in [5.74, 6) is 0. The topological polar surface area (TPSA) is 95.2 Å². The van der Waals surface area contributed by atoms with Gasteiger partial charge in [-0.25, -0.2) is 0 Å². The Hall–Kier alpha value is -1.62. The molecule has 1 aromatic rings. The fourth-order valence-electron chi connectivity index (χ4n) is 1.25. The number of hydrogen-bond donors (Lipinski definition) is 2. The Kier molecular flexibility index (Phi) is 3.03. The average molecular weight is 195 g/mol. The maximum absolute atomic E-state index is 10.6. The predicted molar refractivity (Wildman–Crippen MR) is 54.9 cm³/mol. The van der Waals surface area contributed by atoms with Gasteiger partial charge in [0.25, 0.3) is 5.69 Å². The Morgan fingerprint density at radius 2 is 2.21 bits per heavy atom. The number of nitro benzene ring substituents is 1. The zero-order chi connectivity index (χ0) is 10.7. The van der Waals surface area contributed by atoms with E-state index in [4.69, 9.17) is 11.5 Å². The van der Waals surface area contributed by atoms with E-state index < -0.39 is 4.92 Å². The van der Waals surface area contributed by atoms with Crippen molar-refractivity contribution in [2.75, 3.05) is 5.73 Å². The van der Waals surface area contributed by atoms with Crippen LogP contribution in [0.2, 0.25) is 0 Å². The highest BCUT2D eigenvalue weighted by Gasteiger charge is 2.12. The van der Waals surface area contributed by atoms with Crippen molar-refractivity contribution in [3.63, 3.8) is 0 Å². The van der Waals surface area contributed by atoms with Crippen molar-refractivity contribution in [1.82, 2.24) is 0 Å². The van der Waals surface area contributed by atoms with Gasteiger partial charge in [0.2, 0.25) is 0 Å². The number of nitrogens with zero attached hydrogens (tertiary/aromatic N) is 1. The van der Waals surface area contributed by atoms with Crippen LogP contribution in [0.4, 0.5) is 11.4 Å². The minimum Gasteiger partial charge on any atom is -0.393 e. The first-order valence-electron chi connectivity index (χ1n) is 4.29. The molecule has 0 radical (unpaired) electrons. The van der Waals surface area contributed by atoms with Gasteiger partial charge in [0, 0.05) is 12.1 Å². The molecule has 0 aliphatic carbocycles. The molecule has 14 heavy (non-hydrogen) atoms. The van der Waals surface area contributed by atoms with Crippen LogP contribution in [0.3, 0.4) is 0 Å². The van der Waals surface area contributed by atoms with Gasteiger partial charge in [-0.2, -0.15) is 0 Å². The van der Waals surface area contributed by atoms with E-state index in [2.05, 4.69) is 0 Å². The van der Waals surface area contributed by atoms with Gasteiger partial charge in [-0.1, -0.05) is 6.07 Å². The van der Waals surface area contributed by atoms with Gasteiger partial charge in [0.15, 0.2) is 0 Å². The standard InChI is InChI=1S/C9H13N3O2/c1-6(10)4-7-2-3-8(11)9(5-7)12(13)14/h2-3,5-6H,4,10-11H2,1H3/t6-/m1/s1. The highest BCUT2D eigenvalue weighted by atomic mass is 16.6. The van der Waals surface area contributed by atoms with Crippen molar-refractivity contribution in [2.45, 2.75) is 19.4 Å². The Morgan fingerprint density at radius 1 is 1.57 bits per heavy atom. The van der Waals surface area contributed by atoms with E-state index in [1.54, 1.807) is 6.07 Å². The molecule has 0 saturated carbocycles. The van der Waals surface area contributed by atoms with Crippen LogP contribution < -0.4 is 11.5 Å². The molecule has 0 spiro atoms. The largest absolute Gasteiger partial charge is 0.393 e. The van der Waals surface area contributed by atoms with Gasteiger partial charge in [0.1, 0.15) is 5.69 Å². The van der Waals surface area contributed by atoms with Crippen molar-refractivity contribution in [3.05, 3.63) is 33.9 Å². The van der Waals surface area contributed by atoms with Gasteiger partial charge in [-0.15, -0.1) is 0 Å². The fourth-order valence-corrected chi connectivity index (χ4v) is 1.25. The van der Waals surface area contributed by atoms with Gasteiger partial charge in [-0.05, 0) is 25.0 Å². The SMILES string of the molecule is C[C@@H](N)Cc1ccc(N)c([N+](=O)[O-])c1. The van der Waals surface area contributed by atoms with Gasteiger partial charge in [0.05, 0.1) is 4.92 Å². The van der Waals surface area contributed by atoms with Crippen LogP contribution in [0.1, 0.15) is 12.5 Å². The molecule has 0 bridgehead atoms. The van der Waals surface area contributed by atoms with E-state index in [-0.39, 0.29) is 17.4 Å². The van der Waals surface area contributed by atoms with Crippen LogP contribution in [-0.2, 0) is 6.42 Å². The lowest BCUT2D eigenvalue weighted by molar-refractivity contribution is -0.384. The quantitative estimate of drug-likeness (QED) is 0.428. The summed E-state index contributed by atoms with van der Waals surface area (Å²) in [5, 5.41) is 10.6. The molecule has 1 atom stereocenters. The summed E-state index contributed by atoms with van der Waals surface area (Å²) in [4.78, 5) is 10.1. The van der Waals surface area contributed by atoms with Gasteiger partial charge >= 0.3 is 0 Å². The van der Waals surface area contributed by atoms with E-state index in [0.717, 1.165) is 5.56 Å². The van der Waals surface area contributed by atoms with Crippen molar-refractivity contribution in [3.8, 4) is 0 Å². The van der Waals surface area contributed by atoms with Crippen LogP contribution in [0.25, 0.3) is 0 Å². The summed E-state index contributed by atoms with van der Waals surface area (Å²) < 4.78 is 0. The van der Waals surface area contributed by atoms with Crippen LogP contribution in [0.15, 0.2) is 18.2 Å². The van der Waals surface area contributed by atoms with E-state index in [9.17, 15) is 10.1 Å². The second-order valence-corrected chi connectivity index (χ2v) is 3.33. The summed E-state index contributed by atoms with van der Waals surface area (Å²) in [6, 6.07) is 4.75. The lowest BCUT2D eigenvalue weighted by Crippen LogP contribution is -2.17. The molecule has 0 amide bonds. The van der Waals surface area contributed by atoms with E-state index in [1.165, 1.54) is 12.1 Å². The zero-order valence-corrected chi connectivity index (χ0v) is 7.93. The molecule has 4 N–H and O–H groups in total. The number of rotatable bonds is 3. The summed E-state index contributed by atoms with van der Waals surface area (Å²) in [5.41, 5.74) is 12.0. The van der Waals surface area contributed by atoms with E-state index >= 15 is 0 Å². The van der Waals surface area contributed by atoms with Crippen LogP contribution in [0.5, 0.6) is 0 Å². The van der Waals surface area contributed by atoms with E-state index in [0.29, 0.717) is 6.42 Å². The number of nitrogens with two attached hydrogens (primary N) is 2. The summed E-state index contributed by atoms with van der Waals surface area (Å²) in [6.07, 6.45) is 0.612. The molecule has 0 aromatic heterocycles. The van der Waals surface area contributed by atoms with Crippen LogP contribution >= 0.6 is 0 Å². The van der Waals surface area contributed by atoms with Crippen LogP contribution in [-0.4, -0.2) is 11.0 Å². The lowest BCUT2D eigenvalue weighted by Gasteiger charge is -2.05. The second-order valence-electron chi connectivity index (χ2n) is 3.33. The zero-order valence-electron chi connectivity index (χ0n) is 7.93. The first kappa shape index (κ1) is 10.5. The Balaban J connectivity index is 3.00. The smallest absolute Gasteiger partial charge is 0.292 e. The molecule has 0 fully saturated rings. The molecule has 5 heteroatoms. The van der Waals surface area contributed by atoms with Crippen LogP contribution in [0, 0.1) is 10.1 Å². The van der Waals surface area contributed by atoms with Gasteiger partial charge in [-0.3, -0.25) is 10.1 Å². The molecule has 0 unspecified atom stereocenters. The Labute approximate surface area is 81.9 Å². The predicted octanol–water partition coefficient (Wildman–Crippen LogP) is 1.07. The third-order valence-corrected chi connectivity index (χ3v) is 1.85. The molecule has 5 nitrogen and oxygen atoms in total. The fraction of sp³-hybridized carbons (Fsp3) is 0.333. The Morgan fingerprint density at radius 3 is 2.71 bits per heavy atom. The summed E-state index contributed by atoms with van der Waals surface area (Å²) in [7, 11) is 0. The monoisotopic (exact) mass is 195 g/mol. The number of nitrogen functional groups attached to an aromatic ring is 1. The first-order valence-corrected chi connectivity index (χ1v) is 4.29. The number of benzene rings is 1. The summed E-state index contributed by atoms with van der Waals surface area (Å²) in [6.45, 7) is 1.85. The van der Waals surface area contributed by atoms with Crippen molar-refractivity contribution >= 4 is 11.4 Å². The molecule has 76 valence electrons. The average Bonchev–Trinajstić information content (AvgIpc) is 2.07. The Bertz CT molecular complexity index is 350. The molecule has 0 aliphatic rings. The van der Waals surface area contributed by atoms with Crippen molar-refractivity contribution in [1.29, 1.82) is 0 Å². The minimum absolute atomic E-state index is 0.0155. The molecular weight excluding hydrogens is 182 g/mol. The first-order chi connectivity index (χ1) is 6.50. The minimum atomic E-state index is -0.486. The maximum atomic E-state index is 10.6. The highest BCUT2D eigenvalue weighted by molar-refractivity contribution is 5.59. The van der Waals surface area contributed by atoms with Crippen molar-refractivity contribution in [2.24, 2.45) is 5.73 Å². The third kappa shape index (κ3) is 2.43. The molecule has 1 rings (SSSR count). The molecular formula is C9H13N3O2. The number of hydrogen-bond acceptors (Lipinski definition) is 4. The van der Waals surface area contributed by atoms with E-state index in [1.807, 2.05) is 6.92 Å². The number of nitro groups is 1.